The van der Waals surface area contributed by atoms with Crippen LogP contribution in [0.4, 0.5) is 0 Å². The lowest BCUT2D eigenvalue weighted by atomic mass is 9.44. The minimum absolute atomic E-state index is 0.119. The van der Waals surface area contributed by atoms with Gasteiger partial charge in [0.2, 0.25) is 0 Å². The van der Waals surface area contributed by atoms with Gasteiger partial charge in [-0.15, -0.1) is 23.2 Å². The molecular weight excluding hydrogens is 459 g/mol. The molecule has 0 amide bonds. The van der Waals surface area contributed by atoms with Gasteiger partial charge in [-0.25, -0.2) is 4.79 Å². The number of alkyl halides is 2. The highest BCUT2D eigenvalue weighted by atomic mass is 35.5. The normalized spacial score (nSPS) is 49.6. The fourth-order valence-electron chi connectivity index (χ4n) is 8.64. The van der Waals surface area contributed by atoms with E-state index >= 15 is 0 Å². The quantitative estimate of drug-likeness (QED) is 0.295. The third kappa shape index (κ3) is 2.87. The maximum absolute atomic E-state index is 12.7. The smallest absolute Gasteiger partial charge is 0.330 e. The molecule has 7 atom stereocenters. The van der Waals surface area contributed by atoms with Gasteiger partial charge in [0.05, 0.1) is 5.60 Å². The Balaban J connectivity index is 1.62. The summed E-state index contributed by atoms with van der Waals surface area (Å²) in [6.07, 6.45) is 12.0. The van der Waals surface area contributed by atoms with Crippen molar-refractivity contribution in [3.63, 3.8) is 0 Å². The topological polar surface area (TPSA) is 63.6 Å². The van der Waals surface area contributed by atoms with Crippen molar-refractivity contribution in [2.75, 3.05) is 6.61 Å². The summed E-state index contributed by atoms with van der Waals surface area (Å²) in [6, 6.07) is 0. The summed E-state index contributed by atoms with van der Waals surface area (Å²) in [7, 11) is 0. The number of halogens is 2. The molecule has 0 radical (unpaired) electrons. The largest absolute Gasteiger partial charge is 0.462 e. The predicted molar refractivity (Wildman–Crippen MR) is 129 cm³/mol. The van der Waals surface area contributed by atoms with Crippen molar-refractivity contribution in [2.45, 2.75) is 70.2 Å². The molecule has 33 heavy (non-hydrogen) atoms. The van der Waals surface area contributed by atoms with E-state index in [0.717, 1.165) is 24.8 Å². The monoisotopic (exact) mass is 492 g/mol. The molecule has 0 aromatic rings. The van der Waals surface area contributed by atoms with Gasteiger partial charge in [-0.05, 0) is 48.2 Å². The van der Waals surface area contributed by atoms with Crippen LogP contribution in [-0.4, -0.2) is 33.4 Å². The highest BCUT2D eigenvalue weighted by Crippen LogP contribution is 2.74. The van der Waals surface area contributed by atoms with Gasteiger partial charge in [0.25, 0.3) is 0 Å². The molecule has 0 spiro atoms. The summed E-state index contributed by atoms with van der Waals surface area (Å²) >= 11 is 14.1. The third-order valence-corrected chi connectivity index (χ3v) is 11.0. The summed E-state index contributed by atoms with van der Waals surface area (Å²) in [4.78, 5) is 24.4. The van der Waals surface area contributed by atoms with E-state index in [2.05, 4.69) is 26.0 Å². The number of aliphatic hydroxyl groups is 1. The first-order valence-corrected chi connectivity index (χ1v) is 12.8. The van der Waals surface area contributed by atoms with Crippen LogP contribution in [0.1, 0.15) is 60.3 Å². The molecule has 3 unspecified atom stereocenters. The number of hydrogen-bond acceptors (Lipinski definition) is 4. The molecule has 5 rings (SSSR count). The molecule has 0 aromatic heterocycles. The number of allylic oxidation sites excluding steroid dienone is 3. The Morgan fingerprint density at radius 1 is 1.06 bits per heavy atom. The summed E-state index contributed by atoms with van der Waals surface area (Å²) in [5.74, 6) is -0.194. The molecule has 4 nitrogen and oxygen atoms in total. The third-order valence-electron chi connectivity index (χ3n) is 10.3. The average molecular weight is 493 g/mol. The number of hydrogen-bond donors (Lipinski definition) is 1. The lowest BCUT2D eigenvalue weighted by Gasteiger charge is -2.61. The summed E-state index contributed by atoms with van der Waals surface area (Å²) in [6.45, 7) is 10.7. The molecule has 4 aliphatic carbocycles. The lowest BCUT2D eigenvalue weighted by Crippen LogP contribution is -2.60. The highest BCUT2D eigenvalue weighted by Gasteiger charge is 2.74. The van der Waals surface area contributed by atoms with Gasteiger partial charge in [0.1, 0.15) is 10.9 Å². The van der Waals surface area contributed by atoms with Gasteiger partial charge in [-0.3, -0.25) is 4.79 Å². The van der Waals surface area contributed by atoms with Crippen LogP contribution in [0.25, 0.3) is 0 Å². The van der Waals surface area contributed by atoms with E-state index in [9.17, 15) is 14.7 Å². The minimum atomic E-state index is -1.18. The van der Waals surface area contributed by atoms with Crippen molar-refractivity contribution in [1.29, 1.82) is 0 Å². The van der Waals surface area contributed by atoms with Crippen molar-refractivity contribution in [3.05, 3.63) is 36.0 Å². The van der Waals surface area contributed by atoms with Crippen LogP contribution in [0.5, 0.6) is 0 Å². The number of ketones is 1. The lowest BCUT2D eigenvalue weighted by molar-refractivity contribution is -0.148. The zero-order valence-corrected chi connectivity index (χ0v) is 21.6. The Bertz CT molecular complexity index is 1030. The molecule has 0 bridgehead atoms. The first kappa shape index (κ1) is 23.6. The van der Waals surface area contributed by atoms with E-state index in [1.54, 1.807) is 6.08 Å². The summed E-state index contributed by atoms with van der Waals surface area (Å²) in [5, 5.41) is 12.5. The number of ether oxygens (including phenoxy) is 1. The van der Waals surface area contributed by atoms with Crippen LogP contribution in [0, 0.1) is 39.4 Å². The minimum Gasteiger partial charge on any atom is -0.462 e. The van der Waals surface area contributed by atoms with Crippen molar-refractivity contribution in [2.24, 2.45) is 39.4 Å². The Morgan fingerprint density at radius 3 is 2.39 bits per heavy atom. The molecule has 2 saturated carbocycles. The zero-order chi connectivity index (χ0) is 24.2. The molecule has 0 saturated heterocycles. The van der Waals surface area contributed by atoms with Crippen molar-refractivity contribution >= 4 is 35.0 Å². The van der Waals surface area contributed by atoms with Gasteiger partial charge >= 0.3 is 5.97 Å². The Labute approximate surface area is 206 Å². The van der Waals surface area contributed by atoms with Crippen LogP contribution in [-0.2, 0) is 14.3 Å². The summed E-state index contributed by atoms with van der Waals surface area (Å²) in [5.41, 5.74) is -1.98. The first-order chi connectivity index (χ1) is 15.1. The molecule has 180 valence electrons. The standard InChI is InChI=1S/C27H34Cl2O4/c1-22(2)18-7-6-17-16(24(18,4)12-9-19(22)30)8-13-25(5)21(27(28,29)14-26(17,25)32)23(3)11-10-20(31)33-15-23/h6,9-12,16,18,21,32H,7-8,13-15H2,1-5H3/t16?,18?,21-,23?,24-,25-,26+/m1/s1. The Kier molecular flexibility index (Phi) is 4.85. The molecule has 1 heterocycles. The van der Waals surface area contributed by atoms with Gasteiger partial charge in [0.15, 0.2) is 5.78 Å². The second kappa shape index (κ2) is 6.77. The van der Waals surface area contributed by atoms with E-state index in [1.807, 2.05) is 26.8 Å². The maximum Gasteiger partial charge on any atom is 0.330 e. The fourth-order valence-corrected chi connectivity index (χ4v) is 10.0. The van der Waals surface area contributed by atoms with Gasteiger partial charge in [0, 0.05) is 34.7 Å². The highest BCUT2D eigenvalue weighted by molar-refractivity contribution is 6.49. The molecule has 0 aromatic carbocycles. The SMILES string of the molecule is CC1(C)C(=O)C=C[C@]2(C)C3CC[C@]4(C)[C@@H](C5(C)C=CC(=O)OC5)C(Cl)(Cl)C[C@]4(O)C3=CCC12. The van der Waals surface area contributed by atoms with E-state index in [1.165, 1.54) is 6.08 Å². The van der Waals surface area contributed by atoms with Crippen molar-refractivity contribution in [1.82, 2.24) is 0 Å². The van der Waals surface area contributed by atoms with E-state index < -0.39 is 26.2 Å². The molecular formula is C27H34Cl2O4. The van der Waals surface area contributed by atoms with E-state index in [0.29, 0.717) is 0 Å². The van der Waals surface area contributed by atoms with Crippen molar-refractivity contribution < 1.29 is 19.4 Å². The average Bonchev–Trinajstić information content (AvgIpc) is 2.89. The van der Waals surface area contributed by atoms with Crippen molar-refractivity contribution in [3.8, 4) is 0 Å². The van der Waals surface area contributed by atoms with Crippen LogP contribution in [0.2, 0.25) is 0 Å². The number of carbonyl (C=O) groups excluding carboxylic acids is 2. The molecule has 2 fully saturated rings. The van der Waals surface area contributed by atoms with Gasteiger partial charge < -0.3 is 9.84 Å². The first-order valence-electron chi connectivity index (χ1n) is 12.0. The molecule has 1 N–H and O–H groups in total. The number of fused-ring (bicyclic) bond motifs is 5. The molecule has 6 heteroatoms. The van der Waals surface area contributed by atoms with Crippen LogP contribution in [0.3, 0.4) is 0 Å². The Hall–Kier alpha value is -1.10. The number of cyclic esters (lactones) is 1. The van der Waals surface area contributed by atoms with Gasteiger partial charge in [-0.2, -0.15) is 0 Å². The van der Waals surface area contributed by atoms with E-state index in [-0.39, 0.29) is 47.9 Å². The molecule has 1 aliphatic heterocycles. The molecule has 5 aliphatic rings. The number of rotatable bonds is 1. The summed E-state index contributed by atoms with van der Waals surface area (Å²) < 4.78 is 4.22. The number of carbonyl (C=O) groups is 2. The Morgan fingerprint density at radius 2 is 1.76 bits per heavy atom. The second-order valence-electron chi connectivity index (χ2n) is 12.4. The zero-order valence-electron chi connectivity index (χ0n) is 20.1. The fraction of sp³-hybridized carbons (Fsp3) is 0.704. The predicted octanol–water partition coefficient (Wildman–Crippen LogP) is 5.56. The van der Waals surface area contributed by atoms with Crippen LogP contribution >= 0.6 is 23.2 Å². The van der Waals surface area contributed by atoms with Crippen LogP contribution in [0.15, 0.2) is 36.0 Å². The van der Waals surface area contributed by atoms with Gasteiger partial charge in [-0.1, -0.05) is 52.8 Å². The van der Waals surface area contributed by atoms with E-state index in [4.69, 9.17) is 27.9 Å². The second-order valence-corrected chi connectivity index (χ2v) is 14.0. The van der Waals surface area contributed by atoms with Crippen LogP contribution < -0.4 is 0 Å². The number of esters is 1. The maximum atomic E-state index is 12.7.